The summed E-state index contributed by atoms with van der Waals surface area (Å²) in [5.41, 5.74) is 0.277. The van der Waals surface area contributed by atoms with Crippen LogP contribution in [-0.2, 0) is 17.4 Å². The lowest BCUT2D eigenvalue weighted by atomic mass is 9.86. The van der Waals surface area contributed by atoms with Crippen LogP contribution in [0, 0.1) is 5.41 Å². The van der Waals surface area contributed by atoms with Crippen molar-refractivity contribution in [2.24, 2.45) is 5.41 Å². The van der Waals surface area contributed by atoms with Crippen molar-refractivity contribution in [2.45, 2.75) is 46.3 Å². The molecular weight excluding hydrogens is 423 g/mol. The van der Waals surface area contributed by atoms with Gasteiger partial charge in [-0.15, -0.1) is 0 Å². The zero-order valence-electron chi connectivity index (χ0n) is 18.4. The molecule has 2 aromatic rings. The first-order valence-electron chi connectivity index (χ1n) is 10.3. The molecule has 2 aromatic heterocycles. The second-order valence-electron chi connectivity index (χ2n) is 8.74. The van der Waals surface area contributed by atoms with E-state index < -0.39 is 17.6 Å². The number of carbonyl (C=O) groups excluding carboxylic acids is 2. The molecule has 3 amide bonds. The SMILES string of the molecule is CCc1ccc(N2C[C@H](C(C)(C)C)N(CC(=O)Nc3cc(C(F)(F)F)ccn3)C2=O)cn1. The van der Waals surface area contributed by atoms with Gasteiger partial charge in [0.05, 0.1) is 23.5 Å². The van der Waals surface area contributed by atoms with Gasteiger partial charge in [0.15, 0.2) is 0 Å². The van der Waals surface area contributed by atoms with Crippen LogP contribution in [0.4, 0.5) is 29.5 Å². The lowest BCUT2D eigenvalue weighted by Crippen LogP contribution is -2.46. The van der Waals surface area contributed by atoms with Crippen LogP contribution in [0.2, 0.25) is 0 Å². The minimum absolute atomic E-state index is 0.222. The van der Waals surface area contributed by atoms with Gasteiger partial charge in [0.25, 0.3) is 0 Å². The number of pyridine rings is 2. The lowest BCUT2D eigenvalue weighted by Gasteiger charge is -2.33. The van der Waals surface area contributed by atoms with E-state index in [9.17, 15) is 22.8 Å². The van der Waals surface area contributed by atoms with Gasteiger partial charge in [-0.05, 0) is 36.1 Å². The Morgan fingerprint density at radius 1 is 1.19 bits per heavy atom. The molecule has 0 bridgehead atoms. The van der Waals surface area contributed by atoms with E-state index in [0.717, 1.165) is 30.4 Å². The maximum Gasteiger partial charge on any atom is 0.416 e. The van der Waals surface area contributed by atoms with Crippen molar-refractivity contribution in [3.63, 3.8) is 0 Å². The molecule has 0 unspecified atom stereocenters. The fourth-order valence-corrected chi connectivity index (χ4v) is 3.57. The molecule has 1 fully saturated rings. The number of nitrogens with zero attached hydrogens (tertiary/aromatic N) is 4. The van der Waals surface area contributed by atoms with E-state index >= 15 is 0 Å². The van der Waals surface area contributed by atoms with Gasteiger partial charge in [0, 0.05) is 18.4 Å². The third-order valence-corrected chi connectivity index (χ3v) is 5.36. The van der Waals surface area contributed by atoms with Crippen LogP contribution in [0.25, 0.3) is 0 Å². The van der Waals surface area contributed by atoms with Crippen molar-refractivity contribution in [3.05, 3.63) is 47.9 Å². The average Bonchev–Trinajstić information content (AvgIpc) is 3.04. The minimum atomic E-state index is -4.55. The van der Waals surface area contributed by atoms with E-state index in [1.165, 1.54) is 4.90 Å². The molecule has 1 saturated heterocycles. The number of alkyl halides is 3. The first-order valence-corrected chi connectivity index (χ1v) is 10.3. The summed E-state index contributed by atoms with van der Waals surface area (Å²) in [4.78, 5) is 36.9. The second kappa shape index (κ2) is 8.76. The number of amides is 3. The van der Waals surface area contributed by atoms with Crippen LogP contribution < -0.4 is 10.2 Å². The van der Waals surface area contributed by atoms with E-state index in [-0.39, 0.29) is 29.9 Å². The van der Waals surface area contributed by atoms with E-state index in [1.807, 2.05) is 39.8 Å². The van der Waals surface area contributed by atoms with Gasteiger partial charge in [-0.1, -0.05) is 27.7 Å². The third kappa shape index (κ3) is 5.17. The summed E-state index contributed by atoms with van der Waals surface area (Å²) in [6, 6.07) is 4.61. The number of carbonyl (C=O) groups is 2. The molecule has 0 aliphatic carbocycles. The predicted octanol–water partition coefficient (Wildman–Crippen LogP) is 4.35. The van der Waals surface area contributed by atoms with Crippen LogP contribution >= 0.6 is 0 Å². The lowest BCUT2D eigenvalue weighted by molar-refractivity contribution is -0.137. The molecule has 1 N–H and O–H groups in total. The highest BCUT2D eigenvalue weighted by Gasteiger charge is 2.44. The van der Waals surface area contributed by atoms with Gasteiger partial charge >= 0.3 is 12.2 Å². The quantitative estimate of drug-likeness (QED) is 0.736. The highest BCUT2D eigenvalue weighted by molar-refractivity contribution is 5.99. The molecule has 3 heterocycles. The maximum absolute atomic E-state index is 13.2. The molecular formula is C22H26F3N5O2. The third-order valence-electron chi connectivity index (χ3n) is 5.36. The molecule has 0 spiro atoms. The fraction of sp³-hybridized carbons (Fsp3) is 0.455. The van der Waals surface area contributed by atoms with Crippen LogP contribution in [0.5, 0.6) is 0 Å². The molecule has 7 nitrogen and oxygen atoms in total. The Bertz CT molecular complexity index is 986. The number of urea groups is 1. The summed E-state index contributed by atoms with van der Waals surface area (Å²) in [6.45, 7) is 7.93. The largest absolute Gasteiger partial charge is 0.416 e. The Kier molecular flexibility index (Phi) is 6.43. The van der Waals surface area contributed by atoms with Gasteiger partial charge in [-0.2, -0.15) is 13.2 Å². The topological polar surface area (TPSA) is 78.4 Å². The van der Waals surface area contributed by atoms with Gasteiger partial charge in [0.1, 0.15) is 12.4 Å². The first-order chi connectivity index (χ1) is 14.9. The molecule has 10 heteroatoms. The Morgan fingerprint density at radius 3 is 2.47 bits per heavy atom. The van der Waals surface area contributed by atoms with Crippen molar-refractivity contribution in [1.29, 1.82) is 0 Å². The maximum atomic E-state index is 13.2. The number of aromatic nitrogens is 2. The van der Waals surface area contributed by atoms with E-state index in [0.29, 0.717) is 12.2 Å². The number of nitrogens with one attached hydrogen (secondary N) is 1. The summed E-state index contributed by atoms with van der Waals surface area (Å²) in [6.07, 6.45) is -1.17. The number of rotatable bonds is 5. The van der Waals surface area contributed by atoms with Crippen LogP contribution in [-0.4, -0.2) is 45.9 Å². The van der Waals surface area contributed by atoms with E-state index in [2.05, 4.69) is 15.3 Å². The van der Waals surface area contributed by atoms with Crippen molar-refractivity contribution in [1.82, 2.24) is 14.9 Å². The molecule has 172 valence electrons. The summed E-state index contributed by atoms with van der Waals surface area (Å²) in [5.74, 6) is -0.847. The summed E-state index contributed by atoms with van der Waals surface area (Å²) >= 11 is 0. The van der Waals surface area contributed by atoms with Crippen molar-refractivity contribution in [3.8, 4) is 0 Å². The summed E-state index contributed by atoms with van der Waals surface area (Å²) in [7, 11) is 0. The normalized spacial score (nSPS) is 17.1. The van der Waals surface area contributed by atoms with Crippen molar-refractivity contribution in [2.75, 3.05) is 23.3 Å². The number of hydrogen-bond acceptors (Lipinski definition) is 4. The van der Waals surface area contributed by atoms with Gasteiger partial charge < -0.3 is 10.2 Å². The number of anilines is 2. The van der Waals surface area contributed by atoms with Gasteiger partial charge in [-0.3, -0.25) is 14.7 Å². The van der Waals surface area contributed by atoms with Crippen molar-refractivity contribution >= 4 is 23.4 Å². The number of halogens is 3. The summed E-state index contributed by atoms with van der Waals surface area (Å²) < 4.78 is 38.7. The fourth-order valence-electron chi connectivity index (χ4n) is 3.57. The first kappa shape index (κ1) is 23.5. The highest BCUT2D eigenvalue weighted by atomic mass is 19.4. The Labute approximate surface area is 184 Å². The molecule has 3 rings (SSSR count). The van der Waals surface area contributed by atoms with Crippen LogP contribution in [0.15, 0.2) is 36.7 Å². The minimum Gasteiger partial charge on any atom is -0.310 e. The van der Waals surface area contributed by atoms with E-state index in [1.54, 1.807) is 11.1 Å². The van der Waals surface area contributed by atoms with Crippen LogP contribution in [0.3, 0.4) is 0 Å². The van der Waals surface area contributed by atoms with Gasteiger partial charge in [-0.25, -0.2) is 9.78 Å². The molecule has 0 saturated carbocycles. The smallest absolute Gasteiger partial charge is 0.310 e. The Hall–Kier alpha value is -3.17. The van der Waals surface area contributed by atoms with E-state index in [4.69, 9.17) is 0 Å². The zero-order valence-corrected chi connectivity index (χ0v) is 18.4. The standard InChI is InChI=1S/C22H26F3N5O2/c1-5-15-6-7-16(11-27-15)29-12-17(21(2,3)4)30(20(29)32)13-19(31)28-18-10-14(8-9-26-18)22(23,24)25/h6-11,17H,5,12-13H2,1-4H3,(H,26,28,31)/t17-/m1/s1. The zero-order chi connectivity index (χ0) is 23.7. The Balaban J connectivity index is 1.78. The van der Waals surface area contributed by atoms with Gasteiger partial charge in [0.2, 0.25) is 5.91 Å². The highest BCUT2D eigenvalue weighted by Crippen LogP contribution is 2.33. The predicted molar refractivity (Wildman–Crippen MR) is 114 cm³/mol. The van der Waals surface area contributed by atoms with Crippen molar-refractivity contribution < 1.29 is 22.8 Å². The Morgan fingerprint density at radius 2 is 1.91 bits per heavy atom. The molecule has 1 aliphatic heterocycles. The second-order valence-corrected chi connectivity index (χ2v) is 8.74. The molecule has 1 atom stereocenters. The number of aryl methyl sites for hydroxylation is 1. The monoisotopic (exact) mass is 449 g/mol. The van der Waals surface area contributed by atoms with Crippen LogP contribution in [0.1, 0.15) is 39.0 Å². The molecule has 0 radical (unpaired) electrons. The average molecular weight is 449 g/mol. The molecule has 1 aliphatic rings. The summed E-state index contributed by atoms with van der Waals surface area (Å²) in [5, 5.41) is 2.37. The molecule has 0 aromatic carbocycles. The number of hydrogen-bond donors (Lipinski definition) is 1. The molecule has 32 heavy (non-hydrogen) atoms.